The fraction of sp³-hybridized carbons (Fsp3) is 0.429. The van der Waals surface area contributed by atoms with Crippen LogP contribution in [0.15, 0.2) is 36.5 Å². The number of carbonyl (C=O) groups is 1. The molecular weight excluding hydrogens is 352 g/mol. The molecule has 1 atom stereocenters. The van der Waals surface area contributed by atoms with E-state index in [1.165, 1.54) is 10.9 Å². The van der Waals surface area contributed by atoms with Crippen LogP contribution in [0, 0.1) is 0 Å². The van der Waals surface area contributed by atoms with Crippen LogP contribution in [0.4, 0.5) is 0 Å². The molecule has 7 heteroatoms. The lowest BCUT2D eigenvalue weighted by atomic mass is 10.1. The van der Waals surface area contributed by atoms with Crippen molar-refractivity contribution in [2.75, 3.05) is 13.1 Å². The van der Waals surface area contributed by atoms with Gasteiger partial charge < -0.3 is 9.47 Å². The predicted molar refractivity (Wildman–Crippen MR) is 105 cm³/mol. The lowest BCUT2D eigenvalue weighted by molar-refractivity contribution is -0.130. The van der Waals surface area contributed by atoms with Gasteiger partial charge in [-0.3, -0.25) is 14.7 Å². The van der Waals surface area contributed by atoms with E-state index in [1.54, 1.807) is 6.92 Å². The van der Waals surface area contributed by atoms with Crippen LogP contribution in [-0.2, 0) is 24.4 Å². The predicted octanol–water partition coefficient (Wildman–Crippen LogP) is 2.53. The third kappa shape index (κ3) is 2.96. The van der Waals surface area contributed by atoms with Gasteiger partial charge in [0.15, 0.2) is 11.6 Å². The number of para-hydroxylation sites is 1. The highest BCUT2D eigenvalue weighted by Crippen LogP contribution is 2.34. The first-order valence-electron chi connectivity index (χ1n) is 9.95. The second kappa shape index (κ2) is 6.98. The molecule has 0 aliphatic carbocycles. The van der Waals surface area contributed by atoms with E-state index in [0.29, 0.717) is 6.54 Å². The standard InChI is InChI=1S/C21H24N6O/c1-15(28)25-11-12-27-20(14-25)23-24-21(27)19-7-4-10-26(19)13-16-8-9-22-18-6-3-2-5-17(16)18/h2-3,5-6,8-9,19H,4,7,10-14H2,1H3/t19-/m1/s1. The first-order valence-corrected chi connectivity index (χ1v) is 9.95. The minimum absolute atomic E-state index is 0.0999. The monoisotopic (exact) mass is 376 g/mol. The van der Waals surface area contributed by atoms with Crippen molar-refractivity contribution in [1.29, 1.82) is 0 Å². The Morgan fingerprint density at radius 3 is 2.93 bits per heavy atom. The lowest BCUT2D eigenvalue weighted by Crippen LogP contribution is -2.38. The van der Waals surface area contributed by atoms with E-state index in [0.717, 1.165) is 56.2 Å². The smallest absolute Gasteiger partial charge is 0.219 e. The van der Waals surface area contributed by atoms with Crippen molar-refractivity contribution in [3.05, 3.63) is 53.7 Å². The maximum atomic E-state index is 11.7. The minimum atomic E-state index is 0.0999. The van der Waals surface area contributed by atoms with Gasteiger partial charge in [-0.2, -0.15) is 0 Å². The summed E-state index contributed by atoms with van der Waals surface area (Å²) in [5.41, 5.74) is 2.35. The largest absolute Gasteiger partial charge is 0.334 e. The molecule has 1 saturated heterocycles. The third-order valence-electron chi connectivity index (χ3n) is 6.00. The van der Waals surface area contributed by atoms with Crippen LogP contribution in [0.25, 0.3) is 10.9 Å². The Kier molecular flexibility index (Phi) is 4.31. The van der Waals surface area contributed by atoms with E-state index in [9.17, 15) is 4.79 Å². The average molecular weight is 376 g/mol. The van der Waals surface area contributed by atoms with Gasteiger partial charge in [-0.05, 0) is 37.1 Å². The number of nitrogens with zero attached hydrogens (tertiary/aromatic N) is 6. The molecule has 3 aromatic rings. The van der Waals surface area contributed by atoms with Crippen molar-refractivity contribution in [3.63, 3.8) is 0 Å². The molecule has 2 aliphatic heterocycles. The highest BCUT2D eigenvalue weighted by atomic mass is 16.2. The van der Waals surface area contributed by atoms with Gasteiger partial charge in [0.25, 0.3) is 0 Å². The zero-order chi connectivity index (χ0) is 19.1. The fourth-order valence-corrected chi connectivity index (χ4v) is 4.52. The molecule has 4 heterocycles. The van der Waals surface area contributed by atoms with E-state index in [-0.39, 0.29) is 11.9 Å². The van der Waals surface area contributed by atoms with E-state index in [1.807, 2.05) is 17.2 Å². The summed E-state index contributed by atoms with van der Waals surface area (Å²) in [6.45, 7) is 5.63. The number of likely N-dealkylation sites (tertiary alicyclic amines) is 1. The second-order valence-corrected chi connectivity index (χ2v) is 7.68. The summed E-state index contributed by atoms with van der Waals surface area (Å²) in [4.78, 5) is 20.5. The van der Waals surface area contributed by atoms with Crippen LogP contribution in [0.2, 0.25) is 0 Å². The van der Waals surface area contributed by atoms with Crippen molar-refractivity contribution in [2.45, 2.75) is 45.4 Å². The van der Waals surface area contributed by atoms with Gasteiger partial charge in [-0.15, -0.1) is 10.2 Å². The van der Waals surface area contributed by atoms with Gasteiger partial charge in [-0.1, -0.05) is 18.2 Å². The summed E-state index contributed by atoms with van der Waals surface area (Å²) in [7, 11) is 0. The molecule has 2 aliphatic rings. The van der Waals surface area contributed by atoms with Crippen LogP contribution in [0.3, 0.4) is 0 Å². The number of rotatable bonds is 3. The van der Waals surface area contributed by atoms with Gasteiger partial charge in [0, 0.05) is 38.1 Å². The molecule has 1 aromatic carbocycles. The summed E-state index contributed by atoms with van der Waals surface area (Å²) >= 11 is 0. The fourth-order valence-electron chi connectivity index (χ4n) is 4.52. The van der Waals surface area contributed by atoms with Gasteiger partial charge in [-0.25, -0.2) is 0 Å². The Morgan fingerprint density at radius 2 is 2.04 bits per heavy atom. The maximum absolute atomic E-state index is 11.7. The van der Waals surface area contributed by atoms with Gasteiger partial charge in [0.05, 0.1) is 18.1 Å². The number of carbonyl (C=O) groups excluding carboxylic acids is 1. The van der Waals surface area contributed by atoms with Gasteiger partial charge in [0.2, 0.25) is 5.91 Å². The van der Waals surface area contributed by atoms with Crippen molar-refractivity contribution in [1.82, 2.24) is 29.5 Å². The van der Waals surface area contributed by atoms with Crippen LogP contribution in [0.5, 0.6) is 0 Å². The third-order valence-corrected chi connectivity index (χ3v) is 6.00. The molecular formula is C21H24N6O. The Bertz CT molecular complexity index is 1020. The topological polar surface area (TPSA) is 67.2 Å². The van der Waals surface area contributed by atoms with Crippen LogP contribution >= 0.6 is 0 Å². The summed E-state index contributed by atoms with van der Waals surface area (Å²) < 4.78 is 2.23. The lowest BCUT2D eigenvalue weighted by Gasteiger charge is -2.29. The second-order valence-electron chi connectivity index (χ2n) is 7.68. The SMILES string of the molecule is CC(=O)N1CCn2c(nnc2[C@H]2CCCN2Cc2ccnc3ccccc23)C1. The molecule has 0 unspecified atom stereocenters. The number of hydrogen-bond donors (Lipinski definition) is 0. The molecule has 2 aromatic heterocycles. The van der Waals surface area contributed by atoms with Crippen LogP contribution in [0.1, 0.15) is 43.0 Å². The summed E-state index contributed by atoms with van der Waals surface area (Å²) in [6.07, 6.45) is 4.16. The van der Waals surface area contributed by atoms with E-state index in [4.69, 9.17) is 0 Å². The first kappa shape index (κ1) is 17.3. The molecule has 28 heavy (non-hydrogen) atoms. The quantitative estimate of drug-likeness (QED) is 0.703. The average Bonchev–Trinajstić information content (AvgIpc) is 3.34. The van der Waals surface area contributed by atoms with Gasteiger partial charge >= 0.3 is 0 Å². The molecule has 0 spiro atoms. The Labute approximate surface area is 164 Å². The molecule has 0 radical (unpaired) electrons. The van der Waals surface area contributed by atoms with E-state index < -0.39 is 0 Å². The minimum Gasteiger partial charge on any atom is -0.334 e. The number of aromatic nitrogens is 4. The Balaban J connectivity index is 1.42. The van der Waals surface area contributed by atoms with Crippen LogP contribution < -0.4 is 0 Å². The number of amides is 1. The van der Waals surface area contributed by atoms with Crippen molar-refractivity contribution < 1.29 is 4.79 Å². The Hall–Kier alpha value is -2.80. The number of hydrogen-bond acceptors (Lipinski definition) is 5. The van der Waals surface area contributed by atoms with Crippen molar-refractivity contribution >= 4 is 16.8 Å². The zero-order valence-corrected chi connectivity index (χ0v) is 16.1. The molecule has 0 saturated carbocycles. The molecule has 1 fully saturated rings. The molecule has 0 bridgehead atoms. The summed E-state index contributed by atoms with van der Waals surface area (Å²) in [5, 5.41) is 10.2. The number of fused-ring (bicyclic) bond motifs is 2. The Morgan fingerprint density at radius 1 is 1.14 bits per heavy atom. The van der Waals surface area contributed by atoms with E-state index >= 15 is 0 Å². The van der Waals surface area contributed by atoms with Crippen LogP contribution in [-0.4, -0.2) is 48.5 Å². The van der Waals surface area contributed by atoms with Crippen molar-refractivity contribution in [2.24, 2.45) is 0 Å². The molecule has 7 nitrogen and oxygen atoms in total. The highest BCUT2D eigenvalue weighted by Gasteiger charge is 2.33. The normalized spacial score (nSPS) is 19.9. The molecule has 5 rings (SSSR count). The maximum Gasteiger partial charge on any atom is 0.219 e. The van der Waals surface area contributed by atoms with Gasteiger partial charge in [0.1, 0.15) is 0 Å². The first-order chi connectivity index (χ1) is 13.7. The zero-order valence-electron chi connectivity index (χ0n) is 16.1. The van der Waals surface area contributed by atoms with E-state index in [2.05, 4.69) is 48.9 Å². The molecule has 144 valence electrons. The number of benzene rings is 1. The van der Waals surface area contributed by atoms with Crippen molar-refractivity contribution in [3.8, 4) is 0 Å². The molecule has 0 N–H and O–H groups in total. The highest BCUT2D eigenvalue weighted by molar-refractivity contribution is 5.81. The molecule has 1 amide bonds. The summed E-state index contributed by atoms with van der Waals surface area (Å²) in [5.74, 6) is 2.05. The number of pyridine rings is 1. The summed E-state index contributed by atoms with van der Waals surface area (Å²) in [6, 6.07) is 10.7.